The molecule has 0 radical (unpaired) electrons. The molecule has 0 saturated heterocycles. The van der Waals surface area contributed by atoms with Crippen molar-refractivity contribution >= 4 is 5.91 Å². The van der Waals surface area contributed by atoms with Gasteiger partial charge < -0.3 is 18.8 Å². The fourth-order valence-corrected chi connectivity index (χ4v) is 2.92. The van der Waals surface area contributed by atoms with E-state index < -0.39 is 0 Å². The van der Waals surface area contributed by atoms with Gasteiger partial charge in [0.25, 0.3) is 5.91 Å². The van der Waals surface area contributed by atoms with E-state index in [0.29, 0.717) is 43.6 Å². The lowest BCUT2D eigenvalue weighted by Crippen LogP contribution is -2.36. The predicted molar refractivity (Wildman–Crippen MR) is 110 cm³/mol. The Balaban J connectivity index is 1.76. The normalized spacial score (nSPS) is 10.9. The Labute approximate surface area is 170 Å². The van der Waals surface area contributed by atoms with Crippen LogP contribution < -0.4 is 0 Å². The Morgan fingerprint density at radius 3 is 2.17 bits per heavy atom. The lowest BCUT2D eigenvalue weighted by Gasteiger charge is -2.22. The molecule has 0 aliphatic rings. The van der Waals surface area contributed by atoms with E-state index in [1.165, 1.54) is 0 Å². The lowest BCUT2D eigenvalue weighted by atomic mass is 10.1. The van der Waals surface area contributed by atoms with Gasteiger partial charge in [0.05, 0.1) is 13.2 Å². The van der Waals surface area contributed by atoms with Crippen molar-refractivity contribution in [3.63, 3.8) is 0 Å². The van der Waals surface area contributed by atoms with Gasteiger partial charge in [-0.1, -0.05) is 18.2 Å². The van der Waals surface area contributed by atoms with Crippen molar-refractivity contribution in [2.45, 2.75) is 6.92 Å². The van der Waals surface area contributed by atoms with E-state index in [1.807, 2.05) is 43.3 Å². The molecule has 152 valence electrons. The van der Waals surface area contributed by atoms with Crippen molar-refractivity contribution < 1.29 is 18.7 Å². The van der Waals surface area contributed by atoms with Gasteiger partial charge >= 0.3 is 0 Å². The highest BCUT2D eigenvalue weighted by molar-refractivity contribution is 5.94. The second-order valence-electron chi connectivity index (χ2n) is 6.58. The Morgan fingerprint density at radius 2 is 1.55 bits per heavy atom. The maximum absolute atomic E-state index is 12.8. The van der Waals surface area contributed by atoms with Crippen LogP contribution in [0, 0.1) is 6.92 Å². The van der Waals surface area contributed by atoms with Gasteiger partial charge in [-0.25, -0.2) is 0 Å². The van der Waals surface area contributed by atoms with Crippen molar-refractivity contribution in [3.05, 3.63) is 59.7 Å². The SMILES string of the molecule is COCCN(CCOC)C(=O)c1ccc(-c2nnc(-c3ccccc3C)o2)cc1. The molecule has 0 spiro atoms. The molecule has 0 unspecified atom stereocenters. The highest BCUT2D eigenvalue weighted by atomic mass is 16.5. The number of methoxy groups -OCH3 is 2. The smallest absolute Gasteiger partial charge is 0.254 e. The summed E-state index contributed by atoms with van der Waals surface area (Å²) in [7, 11) is 3.23. The summed E-state index contributed by atoms with van der Waals surface area (Å²) in [6.07, 6.45) is 0. The average molecular weight is 395 g/mol. The van der Waals surface area contributed by atoms with E-state index in [0.717, 1.165) is 16.7 Å². The largest absolute Gasteiger partial charge is 0.416 e. The third-order valence-corrected chi connectivity index (χ3v) is 4.60. The minimum Gasteiger partial charge on any atom is -0.416 e. The van der Waals surface area contributed by atoms with Gasteiger partial charge in [-0.15, -0.1) is 10.2 Å². The number of aryl methyl sites for hydroxylation is 1. The number of benzene rings is 2. The topological polar surface area (TPSA) is 77.7 Å². The number of nitrogens with zero attached hydrogens (tertiary/aromatic N) is 3. The fraction of sp³-hybridized carbons (Fsp3) is 0.318. The van der Waals surface area contributed by atoms with Crippen molar-refractivity contribution in [2.24, 2.45) is 0 Å². The maximum atomic E-state index is 12.8. The van der Waals surface area contributed by atoms with Crippen LogP contribution in [0.1, 0.15) is 15.9 Å². The van der Waals surface area contributed by atoms with Crippen LogP contribution in [-0.4, -0.2) is 61.5 Å². The zero-order valence-corrected chi connectivity index (χ0v) is 16.9. The van der Waals surface area contributed by atoms with Crippen LogP contribution in [-0.2, 0) is 9.47 Å². The highest BCUT2D eigenvalue weighted by Gasteiger charge is 2.17. The second-order valence-corrected chi connectivity index (χ2v) is 6.58. The second kappa shape index (κ2) is 9.95. The first kappa shape index (κ1) is 20.7. The molecule has 7 heteroatoms. The monoisotopic (exact) mass is 395 g/mol. The Bertz CT molecular complexity index is 929. The first-order chi connectivity index (χ1) is 14.1. The third-order valence-electron chi connectivity index (χ3n) is 4.60. The van der Waals surface area contributed by atoms with Crippen LogP contribution in [0.4, 0.5) is 0 Å². The van der Waals surface area contributed by atoms with Gasteiger partial charge in [0.1, 0.15) is 0 Å². The molecule has 3 rings (SSSR count). The van der Waals surface area contributed by atoms with Crippen molar-refractivity contribution in [2.75, 3.05) is 40.5 Å². The zero-order chi connectivity index (χ0) is 20.6. The predicted octanol–water partition coefficient (Wildman–Crippen LogP) is 3.45. The molecule has 0 aliphatic carbocycles. The number of amides is 1. The summed E-state index contributed by atoms with van der Waals surface area (Å²) in [5, 5.41) is 8.31. The molecule has 3 aromatic rings. The quantitative estimate of drug-likeness (QED) is 0.552. The Hall–Kier alpha value is -3.03. The van der Waals surface area contributed by atoms with Gasteiger partial charge in [-0.3, -0.25) is 4.79 Å². The van der Waals surface area contributed by atoms with E-state index in [1.54, 1.807) is 31.3 Å². The number of aromatic nitrogens is 2. The molecule has 7 nitrogen and oxygen atoms in total. The van der Waals surface area contributed by atoms with Crippen LogP contribution in [0.2, 0.25) is 0 Å². The van der Waals surface area contributed by atoms with Gasteiger partial charge in [0, 0.05) is 44.0 Å². The standard InChI is InChI=1S/C22H25N3O4/c1-16-6-4-5-7-19(16)21-24-23-20(29-21)17-8-10-18(11-9-17)22(26)25(12-14-27-2)13-15-28-3/h4-11H,12-15H2,1-3H3. The van der Waals surface area contributed by atoms with Crippen LogP contribution in [0.15, 0.2) is 52.9 Å². The van der Waals surface area contributed by atoms with Crippen molar-refractivity contribution in [1.29, 1.82) is 0 Å². The van der Waals surface area contributed by atoms with Crippen LogP contribution in [0.3, 0.4) is 0 Å². The summed E-state index contributed by atoms with van der Waals surface area (Å²) >= 11 is 0. The summed E-state index contributed by atoms with van der Waals surface area (Å²) in [5.74, 6) is 0.818. The van der Waals surface area contributed by atoms with E-state index in [2.05, 4.69) is 10.2 Å². The summed E-state index contributed by atoms with van der Waals surface area (Å²) in [6.45, 7) is 3.95. The number of ether oxygens (including phenoxy) is 2. The van der Waals surface area contributed by atoms with Gasteiger partial charge in [0.15, 0.2) is 0 Å². The summed E-state index contributed by atoms with van der Waals surface area (Å²) in [6, 6.07) is 15.0. The lowest BCUT2D eigenvalue weighted by molar-refractivity contribution is 0.0627. The summed E-state index contributed by atoms with van der Waals surface area (Å²) in [4.78, 5) is 14.5. The molecule has 0 bridgehead atoms. The van der Waals surface area contributed by atoms with Crippen molar-refractivity contribution in [3.8, 4) is 22.9 Å². The van der Waals surface area contributed by atoms with Gasteiger partial charge in [-0.05, 0) is 42.8 Å². The summed E-state index contributed by atoms with van der Waals surface area (Å²) in [5.41, 5.74) is 3.31. The Kier molecular flexibility index (Phi) is 7.10. The molecule has 0 atom stereocenters. The molecule has 1 aromatic heterocycles. The third kappa shape index (κ3) is 5.07. The number of rotatable bonds is 9. The molecular formula is C22H25N3O4. The maximum Gasteiger partial charge on any atom is 0.254 e. The Morgan fingerprint density at radius 1 is 0.931 bits per heavy atom. The van der Waals surface area contributed by atoms with Crippen LogP contribution >= 0.6 is 0 Å². The first-order valence-corrected chi connectivity index (χ1v) is 9.41. The molecule has 2 aromatic carbocycles. The number of carbonyl (C=O) groups is 1. The fourth-order valence-electron chi connectivity index (χ4n) is 2.92. The number of carbonyl (C=O) groups excluding carboxylic acids is 1. The summed E-state index contributed by atoms with van der Waals surface area (Å²) < 4.78 is 16.0. The first-order valence-electron chi connectivity index (χ1n) is 9.41. The van der Waals surface area contributed by atoms with Gasteiger partial charge in [0.2, 0.25) is 11.8 Å². The van der Waals surface area contributed by atoms with E-state index >= 15 is 0 Å². The van der Waals surface area contributed by atoms with E-state index in [4.69, 9.17) is 13.9 Å². The van der Waals surface area contributed by atoms with E-state index in [-0.39, 0.29) is 5.91 Å². The minimum atomic E-state index is -0.0724. The van der Waals surface area contributed by atoms with E-state index in [9.17, 15) is 4.79 Å². The number of hydrogen-bond acceptors (Lipinski definition) is 6. The molecule has 0 N–H and O–H groups in total. The minimum absolute atomic E-state index is 0.0724. The molecular weight excluding hydrogens is 370 g/mol. The molecule has 0 saturated carbocycles. The molecule has 1 heterocycles. The molecule has 29 heavy (non-hydrogen) atoms. The molecule has 1 amide bonds. The zero-order valence-electron chi connectivity index (χ0n) is 16.9. The average Bonchev–Trinajstić information content (AvgIpc) is 3.24. The highest BCUT2D eigenvalue weighted by Crippen LogP contribution is 2.26. The van der Waals surface area contributed by atoms with Crippen molar-refractivity contribution in [1.82, 2.24) is 15.1 Å². The molecule has 0 aliphatic heterocycles. The molecule has 0 fully saturated rings. The number of hydrogen-bond donors (Lipinski definition) is 0. The van der Waals surface area contributed by atoms with Gasteiger partial charge in [-0.2, -0.15) is 0 Å². The van der Waals surface area contributed by atoms with Crippen LogP contribution in [0.25, 0.3) is 22.9 Å². The van der Waals surface area contributed by atoms with Crippen LogP contribution in [0.5, 0.6) is 0 Å².